The van der Waals surface area contributed by atoms with E-state index in [9.17, 15) is 4.39 Å². The number of anilines is 2. The second-order valence-electron chi connectivity index (χ2n) is 6.14. The van der Waals surface area contributed by atoms with Crippen LogP contribution in [-0.4, -0.2) is 31.3 Å². The Kier molecular flexibility index (Phi) is 4.61. The summed E-state index contributed by atoms with van der Waals surface area (Å²) in [5, 5.41) is 1.67. The zero-order valence-electron chi connectivity index (χ0n) is 13.8. The van der Waals surface area contributed by atoms with Crippen molar-refractivity contribution in [3.05, 3.63) is 52.4 Å². The number of nitrogens with zero attached hydrogens (tertiary/aromatic N) is 2. The maximum absolute atomic E-state index is 14.8. The lowest BCUT2D eigenvalue weighted by Gasteiger charge is -2.31. The van der Waals surface area contributed by atoms with Crippen molar-refractivity contribution >= 4 is 45.5 Å². The Bertz CT molecular complexity index is 970. The maximum Gasteiger partial charge on any atom is 0.133 e. The molecule has 1 fully saturated rings. The van der Waals surface area contributed by atoms with Gasteiger partial charge in [0.2, 0.25) is 0 Å². The second kappa shape index (κ2) is 6.91. The number of nitrogens with two attached hydrogens (primary N) is 1. The summed E-state index contributed by atoms with van der Waals surface area (Å²) in [6, 6.07) is 8.11. The molecule has 0 amide bonds. The molecule has 26 heavy (non-hydrogen) atoms. The first-order valence-corrected chi connectivity index (χ1v) is 8.96. The van der Waals surface area contributed by atoms with E-state index in [1.54, 1.807) is 30.5 Å². The first-order chi connectivity index (χ1) is 12.5. The predicted octanol–water partition coefficient (Wildman–Crippen LogP) is 4.77. The topological polar surface area (TPSA) is 51.4 Å². The minimum atomic E-state index is -0.388. The molecule has 1 aliphatic heterocycles. The Hall–Kier alpha value is -2.08. The van der Waals surface area contributed by atoms with E-state index >= 15 is 0 Å². The van der Waals surface area contributed by atoms with Gasteiger partial charge in [0.15, 0.2) is 0 Å². The van der Waals surface area contributed by atoms with E-state index in [0.717, 1.165) is 24.2 Å². The Labute approximate surface area is 160 Å². The van der Waals surface area contributed by atoms with Crippen LogP contribution in [0.25, 0.3) is 22.0 Å². The van der Waals surface area contributed by atoms with Gasteiger partial charge in [0.05, 0.1) is 36.3 Å². The fourth-order valence-electron chi connectivity index (χ4n) is 3.36. The number of rotatable bonds is 2. The average Bonchev–Trinajstić information content (AvgIpc) is 2.61. The molecule has 0 saturated carbocycles. The number of aromatic nitrogens is 1. The van der Waals surface area contributed by atoms with Crippen LogP contribution < -0.4 is 10.6 Å². The molecule has 2 heterocycles. The van der Waals surface area contributed by atoms with Crippen LogP contribution in [0.15, 0.2) is 36.5 Å². The van der Waals surface area contributed by atoms with Crippen molar-refractivity contribution in [3.63, 3.8) is 0 Å². The van der Waals surface area contributed by atoms with Gasteiger partial charge in [0.25, 0.3) is 0 Å². The van der Waals surface area contributed by atoms with Gasteiger partial charge >= 0.3 is 0 Å². The van der Waals surface area contributed by atoms with Gasteiger partial charge in [0, 0.05) is 34.1 Å². The summed E-state index contributed by atoms with van der Waals surface area (Å²) in [7, 11) is 0. The van der Waals surface area contributed by atoms with Crippen molar-refractivity contribution < 1.29 is 9.13 Å². The van der Waals surface area contributed by atoms with Gasteiger partial charge in [-0.15, -0.1) is 0 Å². The van der Waals surface area contributed by atoms with Gasteiger partial charge in [-0.1, -0.05) is 23.2 Å². The smallest absolute Gasteiger partial charge is 0.133 e. The maximum atomic E-state index is 14.8. The Morgan fingerprint density at radius 2 is 1.77 bits per heavy atom. The highest BCUT2D eigenvalue weighted by Gasteiger charge is 2.21. The lowest BCUT2D eigenvalue weighted by Crippen LogP contribution is -2.36. The van der Waals surface area contributed by atoms with E-state index in [1.807, 2.05) is 0 Å². The first-order valence-electron chi connectivity index (χ1n) is 8.20. The molecular formula is C19H16Cl2FN3O. The lowest BCUT2D eigenvalue weighted by atomic mass is 9.99. The molecule has 7 heteroatoms. The van der Waals surface area contributed by atoms with Crippen molar-refractivity contribution in [1.29, 1.82) is 0 Å². The highest BCUT2D eigenvalue weighted by Crippen LogP contribution is 2.39. The van der Waals surface area contributed by atoms with E-state index in [2.05, 4.69) is 9.88 Å². The molecule has 134 valence electrons. The molecule has 0 unspecified atom stereocenters. The van der Waals surface area contributed by atoms with Gasteiger partial charge in [-0.2, -0.15) is 0 Å². The molecule has 3 aromatic rings. The molecule has 0 bridgehead atoms. The number of pyridine rings is 1. The van der Waals surface area contributed by atoms with Crippen LogP contribution in [0.1, 0.15) is 0 Å². The van der Waals surface area contributed by atoms with Crippen LogP contribution in [0.4, 0.5) is 15.8 Å². The molecule has 1 aliphatic rings. The third-order valence-corrected chi connectivity index (χ3v) is 4.90. The quantitative estimate of drug-likeness (QED) is 0.683. The SMILES string of the molecule is Nc1cnc2c(-c3cc(Cl)cc(Cl)c3)c(F)ccc2c1N1CCOCC1. The number of nitrogen functional groups attached to an aromatic ring is 1. The lowest BCUT2D eigenvalue weighted by molar-refractivity contribution is 0.123. The molecule has 0 radical (unpaired) electrons. The van der Waals surface area contributed by atoms with Gasteiger partial charge in [-0.25, -0.2) is 4.39 Å². The molecule has 2 N–H and O–H groups in total. The van der Waals surface area contributed by atoms with E-state index < -0.39 is 0 Å². The molecule has 1 aromatic heterocycles. The van der Waals surface area contributed by atoms with E-state index in [1.165, 1.54) is 6.07 Å². The summed E-state index contributed by atoms with van der Waals surface area (Å²) in [5.74, 6) is -0.388. The molecule has 2 aromatic carbocycles. The number of halogens is 3. The van der Waals surface area contributed by atoms with E-state index in [4.69, 9.17) is 33.7 Å². The minimum absolute atomic E-state index is 0.362. The Balaban J connectivity index is 1.98. The largest absolute Gasteiger partial charge is 0.396 e. The van der Waals surface area contributed by atoms with Crippen molar-refractivity contribution in [2.24, 2.45) is 0 Å². The van der Waals surface area contributed by atoms with Gasteiger partial charge < -0.3 is 15.4 Å². The summed E-state index contributed by atoms with van der Waals surface area (Å²) in [4.78, 5) is 6.57. The summed E-state index contributed by atoms with van der Waals surface area (Å²) in [6.07, 6.45) is 1.57. The van der Waals surface area contributed by atoms with E-state index in [-0.39, 0.29) is 5.82 Å². The first kappa shape index (κ1) is 17.3. The normalized spacial score (nSPS) is 14.8. The van der Waals surface area contributed by atoms with Crippen molar-refractivity contribution in [3.8, 4) is 11.1 Å². The van der Waals surface area contributed by atoms with Crippen LogP contribution in [0, 0.1) is 5.82 Å². The number of hydrogen-bond donors (Lipinski definition) is 1. The van der Waals surface area contributed by atoms with Crippen molar-refractivity contribution in [2.45, 2.75) is 0 Å². The summed E-state index contributed by atoms with van der Waals surface area (Å²) < 4.78 is 20.2. The van der Waals surface area contributed by atoms with Gasteiger partial charge in [-0.05, 0) is 35.9 Å². The highest BCUT2D eigenvalue weighted by molar-refractivity contribution is 6.35. The molecule has 1 saturated heterocycles. The van der Waals surface area contributed by atoms with Crippen LogP contribution in [-0.2, 0) is 4.74 Å². The molecule has 0 aliphatic carbocycles. The monoisotopic (exact) mass is 391 g/mol. The molecule has 0 spiro atoms. The van der Waals surface area contributed by atoms with Crippen LogP contribution in [0.3, 0.4) is 0 Å². The number of ether oxygens (including phenoxy) is 1. The zero-order chi connectivity index (χ0) is 18.3. The van der Waals surface area contributed by atoms with Crippen molar-refractivity contribution in [1.82, 2.24) is 4.98 Å². The number of benzene rings is 2. The zero-order valence-corrected chi connectivity index (χ0v) is 15.3. The number of hydrogen-bond acceptors (Lipinski definition) is 4. The second-order valence-corrected chi connectivity index (χ2v) is 7.01. The van der Waals surface area contributed by atoms with Crippen LogP contribution in [0.5, 0.6) is 0 Å². The standard InChI is InChI=1S/C19H16Cl2FN3O/c20-12-7-11(8-13(21)9-12)17-15(22)2-1-14-18(17)24-10-16(23)19(14)25-3-5-26-6-4-25/h1-2,7-10H,3-6,23H2. The van der Waals surface area contributed by atoms with Crippen LogP contribution >= 0.6 is 23.2 Å². The third kappa shape index (κ3) is 3.07. The number of morpholine rings is 1. The summed E-state index contributed by atoms with van der Waals surface area (Å²) in [5.41, 5.74) is 9.09. The highest BCUT2D eigenvalue weighted by atomic mass is 35.5. The van der Waals surface area contributed by atoms with Gasteiger partial charge in [0.1, 0.15) is 5.82 Å². The summed E-state index contributed by atoms with van der Waals surface area (Å²) in [6.45, 7) is 2.69. The summed E-state index contributed by atoms with van der Waals surface area (Å²) >= 11 is 12.2. The molecule has 0 atom stereocenters. The van der Waals surface area contributed by atoms with E-state index in [0.29, 0.717) is 45.6 Å². The fraction of sp³-hybridized carbons (Fsp3) is 0.211. The average molecular weight is 392 g/mol. The fourth-order valence-corrected chi connectivity index (χ4v) is 3.88. The third-order valence-electron chi connectivity index (χ3n) is 4.47. The molecule has 4 rings (SSSR count). The predicted molar refractivity (Wildman–Crippen MR) is 105 cm³/mol. The molecule has 4 nitrogen and oxygen atoms in total. The van der Waals surface area contributed by atoms with Gasteiger partial charge in [-0.3, -0.25) is 4.98 Å². The Morgan fingerprint density at radius 3 is 2.46 bits per heavy atom. The van der Waals surface area contributed by atoms with Crippen molar-refractivity contribution in [2.75, 3.05) is 36.9 Å². The minimum Gasteiger partial charge on any atom is -0.396 e. The Morgan fingerprint density at radius 1 is 1.08 bits per heavy atom. The van der Waals surface area contributed by atoms with Crippen LogP contribution in [0.2, 0.25) is 10.0 Å². The number of fused-ring (bicyclic) bond motifs is 1. The molecular weight excluding hydrogens is 376 g/mol.